The topological polar surface area (TPSA) is 89.0 Å². The Hall–Kier alpha value is -2.81. The van der Waals surface area contributed by atoms with Gasteiger partial charge in [0.25, 0.3) is 5.56 Å². The van der Waals surface area contributed by atoms with Crippen LogP contribution in [0.15, 0.2) is 58.5 Å². The average Bonchev–Trinajstić information content (AvgIpc) is 3.44. The summed E-state index contributed by atoms with van der Waals surface area (Å²) in [5.74, 6) is 0.00421. The van der Waals surface area contributed by atoms with Gasteiger partial charge in [0.2, 0.25) is 5.91 Å². The van der Waals surface area contributed by atoms with Gasteiger partial charge in [0, 0.05) is 29.1 Å². The molecule has 2 aromatic heterocycles. The van der Waals surface area contributed by atoms with Gasteiger partial charge in [-0.1, -0.05) is 47.6 Å². The Balaban J connectivity index is 1.51. The molecule has 2 aromatic carbocycles. The summed E-state index contributed by atoms with van der Waals surface area (Å²) in [6.45, 7) is 1.24. The van der Waals surface area contributed by atoms with E-state index in [0.717, 1.165) is 30.4 Å². The fourth-order valence-corrected chi connectivity index (χ4v) is 4.92. The van der Waals surface area contributed by atoms with Crippen LogP contribution in [-0.2, 0) is 9.53 Å². The quantitative estimate of drug-likeness (QED) is 0.331. The van der Waals surface area contributed by atoms with Gasteiger partial charge in [0.1, 0.15) is 11.0 Å². The number of carbonyl (C=O) groups excluding carboxylic acids is 1. The number of ether oxygens (including phenoxy) is 1. The largest absolute Gasteiger partial charge is 0.376 e. The maximum atomic E-state index is 13.5. The lowest BCUT2D eigenvalue weighted by Gasteiger charge is -2.13. The fraction of sp³-hybridized carbons (Fsp3) is 0.261. The highest BCUT2D eigenvalue weighted by Crippen LogP contribution is 2.27. The van der Waals surface area contributed by atoms with Crippen molar-refractivity contribution in [1.82, 2.24) is 19.9 Å². The highest BCUT2D eigenvalue weighted by Gasteiger charge is 2.19. The first-order valence-corrected chi connectivity index (χ1v) is 11.8. The summed E-state index contributed by atoms with van der Waals surface area (Å²) in [5.41, 5.74) is 2.19. The number of hydrogen-bond donors (Lipinski definition) is 2. The first kappa shape index (κ1) is 21.1. The van der Waals surface area contributed by atoms with Crippen molar-refractivity contribution in [3.63, 3.8) is 0 Å². The van der Waals surface area contributed by atoms with Crippen LogP contribution in [0.25, 0.3) is 27.6 Å². The lowest BCUT2D eigenvalue weighted by atomic mass is 10.2. The Morgan fingerprint density at radius 1 is 1.28 bits per heavy atom. The lowest BCUT2D eigenvalue weighted by molar-refractivity contribution is -0.119. The van der Waals surface area contributed by atoms with Crippen LogP contribution in [0.1, 0.15) is 12.8 Å². The highest BCUT2D eigenvalue weighted by atomic mass is 35.5. The molecule has 9 heteroatoms. The first-order valence-electron chi connectivity index (χ1n) is 10.4. The van der Waals surface area contributed by atoms with Crippen molar-refractivity contribution < 1.29 is 9.53 Å². The second-order valence-corrected chi connectivity index (χ2v) is 9.02. The minimum Gasteiger partial charge on any atom is -0.376 e. The predicted molar refractivity (Wildman–Crippen MR) is 127 cm³/mol. The molecule has 0 spiro atoms. The second-order valence-electron chi connectivity index (χ2n) is 7.64. The standard InChI is InChI=1S/C23H21ClN4O3S/c24-14-5-3-6-15(11-14)28-22(30)21-20(17-8-1-2-9-18(17)26-21)27-23(28)32-13-19(29)25-12-16-7-4-10-31-16/h1-3,5-6,8-9,11,16,26H,4,7,10,12-13H2,(H,25,29)/t16-/m0/s1. The minimum absolute atomic E-state index is 0.0780. The minimum atomic E-state index is -0.240. The number of aromatic amines is 1. The number of nitrogens with zero attached hydrogens (tertiary/aromatic N) is 2. The number of hydrogen-bond acceptors (Lipinski definition) is 5. The average molecular weight is 469 g/mol. The number of benzene rings is 2. The van der Waals surface area contributed by atoms with E-state index in [1.165, 1.54) is 16.3 Å². The molecule has 3 heterocycles. The number of halogens is 1. The third kappa shape index (κ3) is 4.13. The molecule has 2 N–H and O–H groups in total. The van der Waals surface area contributed by atoms with Crippen LogP contribution in [0.4, 0.5) is 0 Å². The van der Waals surface area contributed by atoms with E-state index >= 15 is 0 Å². The molecule has 4 aromatic rings. The number of fused-ring (bicyclic) bond motifs is 3. The van der Waals surface area contributed by atoms with Gasteiger partial charge < -0.3 is 15.0 Å². The third-order valence-corrected chi connectivity index (χ3v) is 6.62. The van der Waals surface area contributed by atoms with Gasteiger partial charge in [-0.3, -0.25) is 14.2 Å². The molecule has 1 aliphatic heterocycles. The second kappa shape index (κ2) is 8.97. The zero-order valence-corrected chi connectivity index (χ0v) is 18.7. The molecule has 0 unspecified atom stereocenters. The van der Waals surface area contributed by atoms with Gasteiger partial charge in [-0.05, 0) is 37.1 Å². The molecule has 1 amide bonds. The maximum absolute atomic E-state index is 13.5. The molecule has 7 nitrogen and oxygen atoms in total. The molecule has 0 saturated carbocycles. The molecule has 1 atom stereocenters. The van der Waals surface area contributed by atoms with E-state index in [2.05, 4.69) is 10.3 Å². The van der Waals surface area contributed by atoms with Crippen molar-refractivity contribution in [2.24, 2.45) is 0 Å². The van der Waals surface area contributed by atoms with Gasteiger partial charge in [-0.15, -0.1) is 0 Å². The molecule has 1 aliphatic rings. The van der Waals surface area contributed by atoms with Crippen LogP contribution in [-0.4, -0.2) is 45.5 Å². The van der Waals surface area contributed by atoms with E-state index in [4.69, 9.17) is 21.3 Å². The first-order chi connectivity index (χ1) is 15.6. The maximum Gasteiger partial charge on any atom is 0.283 e. The van der Waals surface area contributed by atoms with Gasteiger partial charge in [0.05, 0.1) is 17.5 Å². The van der Waals surface area contributed by atoms with E-state index in [9.17, 15) is 9.59 Å². The van der Waals surface area contributed by atoms with E-state index in [1.54, 1.807) is 24.3 Å². The van der Waals surface area contributed by atoms with Crippen LogP contribution >= 0.6 is 23.4 Å². The van der Waals surface area contributed by atoms with Crippen molar-refractivity contribution in [2.75, 3.05) is 18.9 Å². The molecule has 1 saturated heterocycles. The van der Waals surface area contributed by atoms with E-state index < -0.39 is 0 Å². The summed E-state index contributed by atoms with van der Waals surface area (Å²) in [7, 11) is 0. The van der Waals surface area contributed by atoms with Gasteiger partial charge in [-0.25, -0.2) is 4.98 Å². The summed E-state index contributed by atoms with van der Waals surface area (Å²) in [6, 6.07) is 14.7. The number of rotatable bonds is 6. The van der Waals surface area contributed by atoms with Gasteiger partial charge in [0.15, 0.2) is 5.16 Å². The van der Waals surface area contributed by atoms with Crippen molar-refractivity contribution in [1.29, 1.82) is 0 Å². The molecule has 1 fully saturated rings. The summed E-state index contributed by atoms with van der Waals surface area (Å²) in [4.78, 5) is 33.9. The Bertz CT molecular complexity index is 1360. The fourth-order valence-electron chi connectivity index (χ4n) is 3.90. The Labute approximate surface area is 193 Å². The van der Waals surface area contributed by atoms with Gasteiger partial charge in [-0.2, -0.15) is 0 Å². The smallest absolute Gasteiger partial charge is 0.283 e. The summed E-state index contributed by atoms with van der Waals surface area (Å²) < 4.78 is 7.06. The summed E-state index contributed by atoms with van der Waals surface area (Å²) in [5, 5.41) is 4.72. The number of thioether (sulfide) groups is 1. The predicted octanol–water partition coefficient (Wildman–Crippen LogP) is 3.91. The summed E-state index contributed by atoms with van der Waals surface area (Å²) >= 11 is 7.41. The van der Waals surface area contributed by atoms with Crippen LogP contribution in [0.5, 0.6) is 0 Å². The number of nitrogens with one attached hydrogen (secondary N) is 2. The highest BCUT2D eigenvalue weighted by molar-refractivity contribution is 7.99. The van der Waals surface area contributed by atoms with Crippen molar-refractivity contribution >= 4 is 51.2 Å². The van der Waals surface area contributed by atoms with Gasteiger partial charge >= 0.3 is 0 Å². The molecule has 0 bridgehead atoms. The Morgan fingerprint density at radius 3 is 2.97 bits per heavy atom. The lowest BCUT2D eigenvalue weighted by Crippen LogP contribution is -2.33. The van der Waals surface area contributed by atoms with Crippen LogP contribution < -0.4 is 10.9 Å². The molecular formula is C23H21ClN4O3S. The van der Waals surface area contributed by atoms with Crippen molar-refractivity contribution in [3.05, 3.63) is 63.9 Å². The molecule has 32 heavy (non-hydrogen) atoms. The summed E-state index contributed by atoms with van der Waals surface area (Å²) in [6.07, 6.45) is 2.06. The van der Waals surface area contributed by atoms with Crippen molar-refractivity contribution in [3.8, 4) is 5.69 Å². The van der Waals surface area contributed by atoms with Crippen molar-refractivity contribution in [2.45, 2.75) is 24.1 Å². The number of amides is 1. The van der Waals surface area contributed by atoms with Crippen LogP contribution in [0.2, 0.25) is 5.02 Å². The van der Waals surface area contributed by atoms with Crippen LogP contribution in [0, 0.1) is 0 Å². The SMILES string of the molecule is O=C(CSc1nc2c([nH]c3ccccc32)c(=O)n1-c1cccc(Cl)c1)NC[C@@H]1CCCO1. The Kier molecular flexibility index (Phi) is 5.91. The molecular weight excluding hydrogens is 448 g/mol. The molecule has 0 aliphatic carbocycles. The number of aromatic nitrogens is 3. The number of H-pyrrole nitrogens is 1. The van der Waals surface area contributed by atoms with E-state index in [-0.39, 0.29) is 23.3 Å². The Morgan fingerprint density at radius 2 is 2.16 bits per heavy atom. The monoisotopic (exact) mass is 468 g/mol. The zero-order valence-electron chi connectivity index (χ0n) is 17.1. The van der Waals surface area contributed by atoms with E-state index in [1.807, 2.05) is 24.3 Å². The number of para-hydroxylation sites is 1. The molecule has 164 valence electrons. The van der Waals surface area contributed by atoms with Crippen LogP contribution in [0.3, 0.4) is 0 Å². The molecule has 0 radical (unpaired) electrons. The van der Waals surface area contributed by atoms with E-state index in [0.29, 0.717) is 33.4 Å². The number of carbonyl (C=O) groups is 1. The third-order valence-electron chi connectivity index (χ3n) is 5.44. The zero-order chi connectivity index (χ0) is 22.1. The molecule has 5 rings (SSSR count). The normalized spacial score (nSPS) is 16.1.